The highest BCUT2D eigenvalue weighted by Gasteiger charge is 2.41. The summed E-state index contributed by atoms with van der Waals surface area (Å²) in [5.74, 6) is 1.09. The van der Waals surface area contributed by atoms with Gasteiger partial charge in [0.15, 0.2) is 0 Å². The van der Waals surface area contributed by atoms with Crippen molar-refractivity contribution in [1.29, 1.82) is 0 Å². The first-order valence-corrected chi connectivity index (χ1v) is 9.03. The first kappa shape index (κ1) is 18.1. The number of hydrogen-bond donors (Lipinski definition) is 0. The van der Waals surface area contributed by atoms with Gasteiger partial charge < -0.3 is 4.90 Å². The third-order valence-electron chi connectivity index (χ3n) is 6.05. The summed E-state index contributed by atoms with van der Waals surface area (Å²) in [7, 11) is 2.27. The molecular formula is C22H35N. The Balaban J connectivity index is 2.98. The van der Waals surface area contributed by atoms with Crippen LogP contribution in [0.25, 0.3) is 0 Å². The van der Waals surface area contributed by atoms with Gasteiger partial charge in [0.05, 0.1) is 0 Å². The molecule has 0 spiro atoms. The van der Waals surface area contributed by atoms with E-state index in [1.807, 2.05) is 0 Å². The predicted molar refractivity (Wildman–Crippen MR) is 104 cm³/mol. The molecule has 1 heterocycles. The molecule has 1 aliphatic heterocycles. The zero-order valence-corrected chi connectivity index (χ0v) is 17.1. The molecule has 0 bridgehead atoms. The van der Waals surface area contributed by atoms with E-state index in [1.54, 1.807) is 5.57 Å². The topological polar surface area (TPSA) is 3.24 Å². The van der Waals surface area contributed by atoms with Crippen LogP contribution < -0.4 is 4.90 Å². The summed E-state index contributed by atoms with van der Waals surface area (Å²) in [4.78, 5) is 2.50. The number of fused-ring (bicyclic) bond motifs is 1. The second-order valence-corrected chi connectivity index (χ2v) is 8.52. The van der Waals surface area contributed by atoms with Crippen molar-refractivity contribution < 1.29 is 0 Å². The summed E-state index contributed by atoms with van der Waals surface area (Å²) < 4.78 is 0. The van der Waals surface area contributed by atoms with Crippen molar-refractivity contribution in [2.24, 2.45) is 11.8 Å². The maximum absolute atomic E-state index is 2.50. The molecule has 0 amide bonds. The van der Waals surface area contributed by atoms with E-state index in [1.165, 1.54) is 39.2 Å². The van der Waals surface area contributed by atoms with Gasteiger partial charge in [0.25, 0.3) is 0 Å². The molecule has 0 saturated carbocycles. The quantitative estimate of drug-likeness (QED) is 0.627. The van der Waals surface area contributed by atoms with Gasteiger partial charge in [-0.15, -0.1) is 0 Å². The van der Waals surface area contributed by atoms with Crippen LogP contribution in [-0.4, -0.2) is 7.05 Å². The van der Waals surface area contributed by atoms with Gasteiger partial charge in [0.2, 0.25) is 0 Å². The predicted octanol–water partition coefficient (Wildman–Crippen LogP) is 6.21. The summed E-state index contributed by atoms with van der Waals surface area (Å²) in [6.45, 7) is 23.4. The molecular weight excluding hydrogens is 278 g/mol. The van der Waals surface area contributed by atoms with E-state index >= 15 is 0 Å². The Bertz CT molecular complexity index is 672. The van der Waals surface area contributed by atoms with Crippen LogP contribution in [0.5, 0.6) is 0 Å². The normalized spacial score (nSPS) is 17.3. The second kappa shape index (κ2) is 5.69. The van der Waals surface area contributed by atoms with Gasteiger partial charge in [0.1, 0.15) is 0 Å². The van der Waals surface area contributed by atoms with Crippen LogP contribution in [0.2, 0.25) is 0 Å². The number of anilines is 1. The average Bonchev–Trinajstić information content (AvgIpc) is 2.42. The summed E-state index contributed by atoms with van der Waals surface area (Å²) in [5, 5.41) is 0. The minimum Gasteiger partial charge on any atom is -0.347 e. The molecule has 2 rings (SSSR count). The zero-order valence-electron chi connectivity index (χ0n) is 17.1. The van der Waals surface area contributed by atoms with E-state index < -0.39 is 0 Å². The van der Waals surface area contributed by atoms with Gasteiger partial charge in [-0.1, -0.05) is 41.5 Å². The molecule has 23 heavy (non-hydrogen) atoms. The number of benzene rings is 1. The highest BCUT2D eigenvalue weighted by molar-refractivity contribution is 5.75. The highest BCUT2D eigenvalue weighted by atomic mass is 15.1. The molecule has 0 saturated heterocycles. The van der Waals surface area contributed by atoms with E-state index in [-0.39, 0.29) is 5.41 Å². The smallest absolute Gasteiger partial charge is 0.0482 e. The standard InChI is InChI=1S/C22H35N/c1-12(2)18-20(13(3)4)23(11)21-17(8)15(6)14(5)16(7)19(21)22(18,9)10/h12-13H,1-11H3. The lowest BCUT2D eigenvalue weighted by Crippen LogP contribution is -2.39. The fourth-order valence-corrected chi connectivity index (χ4v) is 4.95. The second-order valence-electron chi connectivity index (χ2n) is 8.52. The Morgan fingerprint density at radius 3 is 1.65 bits per heavy atom. The van der Waals surface area contributed by atoms with Crippen molar-refractivity contribution in [3.63, 3.8) is 0 Å². The Morgan fingerprint density at radius 2 is 1.22 bits per heavy atom. The summed E-state index contributed by atoms with van der Waals surface area (Å²) in [6, 6.07) is 0. The fraction of sp³-hybridized carbons (Fsp3) is 0.636. The Kier molecular flexibility index (Phi) is 4.47. The van der Waals surface area contributed by atoms with Crippen LogP contribution >= 0.6 is 0 Å². The first-order chi connectivity index (χ1) is 10.4. The van der Waals surface area contributed by atoms with Gasteiger partial charge in [-0.05, 0) is 72.9 Å². The van der Waals surface area contributed by atoms with Crippen LogP contribution in [-0.2, 0) is 5.41 Å². The fourth-order valence-electron chi connectivity index (χ4n) is 4.95. The third kappa shape index (κ3) is 2.44. The maximum atomic E-state index is 2.50. The van der Waals surface area contributed by atoms with Crippen LogP contribution in [0.3, 0.4) is 0 Å². The third-order valence-corrected chi connectivity index (χ3v) is 6.05. The van der Waals surface area contributed by atoms with Gasteiger partial charge in [-0.3, -0.25) is 0 Å². The minimum absolute atomic E-state index is 0.0862. The van der Waals surface area contributed by atoms with Crippen LogP contribution in [0.15, 0.2) is 11.3 Å². The van der Waals surface area contributed by atoms with Crippen molar-refractivity contribution in [1.82, 2.24) is 0 Å². The van der Waals surface area contributed by atoms with Crippen molar-refractivity contribution in [3.8, 4) is 0 Å². The molecule has 0 fully saturated rings. The van der Waals surface area contributed by atoms with E-state index in [0.29, 0.717) is 11.8 Å². The molecule has 1 aromatic carbocycles. The van der Waals surface area contributed by atoms with Crippen molar-refractivity contribution in [3.05, 3.63) is 39.1 Å². The van der Waals surface area contributed by atoms with Crippen molar-refractivity contribution in [2.45, 2.75) is 74.7 Å². The molecule has 0 N–H and O–H groups in total. The molecule has 0 aliphatic carbocycles. The summed E-state index contributed by atoms with van der Waals surface area (Å²) >= 11 is 0. The molecule has 0 atom stereocenters. The van der Waals surface area contributed by atoms with Crippen LogP contribution in [0.4, 0.5) is 5.69 Å². The van der Waals surface area contributed by atoms with E-state index in [2.05, 4.69) is 81.2 Å². The van der Waals surface area contributed by atoms with Crippen LogP contribution in [0.1, 0.15) is 69.4 Å². The van der Waals surface area contributed by atoms with Gasteiger partial charge >= 0.3 is 0 Å². The van der Waals surface area contributed by atoms with Gasteiger partial charge in [-0.2, -0.15) is 0 Å². The maximum Gasteiger partial charge on any atom is 0.0482 e. The zero-order chi connectivity index (χ0) is 17.9. The number of allylic oxidation sites excluding steroid dienone is 2. The van der Waals surface area contributed by atoms with E-state index in [4.69, 9.17) is 0 Å². The number of hydrogen-bond acceptors (Lipinski definition) is 1. The Labute approximate surface area is 143 Å². The lowest BCUT2D eigenvalue weighted by Gasteiger charge is -2.47. The molecule has 0 radical (unpaired) electrons. The average molecular weight is 314 g/mol. The van der Waals surface area contributed by atoms with Gasteiger partial charge in [0, 0.05) is 23.8 Å². The molecule has 0 unspecified atom stereocenters. The Hall–Kier alpha value is -1.24. The van der Waals surface area contributed by atoms with E-state index in [9.17, 15) is 0 Å². The summed E-state index contributed by atoms with van der Waals surface area (Å²) in [5.41, 5.74) is 12.0. The molecule has 1 nitrogen and oxygen atoms in total. The lowest BCUT2D eigenvalue weighted by molar-refractivity contribution is 0.495. The SMILES string of the molecule is Cc1c(C)c(C)c2c(c1C)N(C)C(C(C)C)=C(C(C)C)C2(C)C. The molecule has 0 aromatic heterocycles. The molecule has 1 aliphatic rings. The van der Waals surface area contributed by atoms with Crippen molar-refractivity contribution >= 4 is 5.69 Å². The monoisotopic (exact) mass is 313 g/mol. The highest BCUT2D eigenvalue weighted by Crippen LogP contribution is 2.52. The summed E-state index contributed by atoms with van der Waals surface area (Å²) in [6.07, 6.45) is 0. The molecule has 1 heteroatoms. The number of nitrogens with zero attached hydrogens (tertiary/aromatic N) is 1. The minimum atomic E-state index is 0.0862. The lowest BCUT2D eigenvalue weighted by atomic mass is 9.65. The number of rotatable bonds is 2. The van der Waals surface area contributed by atoms with Crippen LogP contribution in [0, 0.1) is 39.5 Å². The van der Waals surface area contributed by atoms with E-state index in [0.717, 1.165) is 0 Å². The molecule has 1 aromatic rings. The Morgan fingerprint density at radius 1 is 0.739 bits per heavy atom. The van der Waals surface area contributed by atoms with Crippen molar-refractivity contribution in [2.75, 3.05) is 11.9 Å². The largest absolute Gasteiger partial charge is 0.347 e. The van der Waals surface area contributed by atoms with Gasteiger partial charge in [-0.25, -0.2) is 0 Å². The molecule has 128 valence electrons. The first-order valence-electron chi connectivity index (χ1n) is 9.03.